The number of nitrogens with one attached hydrogen (secondary N) is 2. The van der Waals surface area contributed by atoms with E-state index in [4.69, 9.17) is 4.74 Å². The van der Waals surface area contributed by atoms with Gasteiger partial charge in [-0.05, 0) is 24.1 Å². The molecular formula is C17H20N4O5. The Morgan fingerprint density at radius 2 is 1.88 bits per heavy atom. The Kier molecular flexibility index (Phi) is 4.54. The highest BCUT2D eigenvalue weighted by molar-refractivity contribution is 6.10. The van der Waals surface area contributed by atoms with Crippen molar-refractivity contribution < 1.29 is 23.9 Å². The van der Waals surface area contributed by atoms with Crippen molar-refractivity contribution in [3.8, 4) is 5.75 Å². The van der Waals surface area contributed by atoms with Gasteiger partial charge >= 0.3 is 12.1 Å². The number of imide groups is 2. The molecule has 0 aliphatic carbocycles. The van der Waals surface area contributed by atoms with Gasteiger partial charge in [-0.1, -0.05) is 19.1 Å². The first-order chi connectivity index (χ1) is 12.4. The molecule has 1 atom stereocenters. The minimum Gasteiger partial charge on any atom is -0.497 e. The van der Waals surface area contributed by atoms with Gasteiger partial charge in [0.2, 0.25) is 0 Å². The molecule has 9 heteroatoms. The third kappa shape index (κ3) is 2.75. The predicted molar refractivity (Wildman–Crippen MR) is 90.3 cm³/mol. The number of benzene rings is 1. The second-order valence-corrected chi connectivity index (χ2v) is 6.09. The normalized spacial score (nSPS) is 22.5. The van der Waals surface area contributed by atoms with Crippen molar-refractivity contribution in [2.75, 3.05) is 26.7 Å². The van der Waals surface area contributed by atoms with Crippen molar-refractivity contribution in [1.82, 2.24) is 20.4 Å². The van der Waals surface area contributed by atoms with Gasteiger partial charge in [0, 0.05) is 13.1 Å². The lowest BCUT2D eigenvalue weighted by Gasteiger charge is -2.26. The zero-order valence-electron chi connectivity index (χ0n) is 14.6. The van der Waals surface area contributed by atoms with Crippen molar-refractivity contribution in [3.05, 3.63) is 29.8 Å². The molecule has 0 saturated carbocycles. The number of amides is 6. The van der Waals surface area contributed by atoms with Crippen LogP contribution in [-0.2, 0) is 15.1 Å². The van der Waals surface area contributed by atoms with E-state index in [0.29, 0.717) is 24.3 Å². The molecule has 2 saturated heterocycles. The summed E-state index contributed by atoms with van der Waals surface area (Å²) in [5, 5.41) is 5.22. The maximum Gasteiger partial charge on any atom is 0.325 e. The van der Waals surface area contributed by atoms with Crippen LogP contribution < -0.4 is 15.4 Å². The summed E-state index contributed by atoms with van der Waals surface area (Å²) in [6, 6.07) is 5.65. The lowest BCUT2D eigenvalue weighted by Crippen LogP contribution is -2.46. The summed E-state index contributed by atoms with van der Waals surface area (Å²) < 4.78 is 5.12. The molecule has 2 aliphatic rings. The average Bonchev–Trinajstić information content (AvgIpc) is 3.18. The van der Waals surface area contributed by atoms with E-state index in [0.717, 1.165) is 9.80 Å². The molecule has 0 bridgehead atoms. The van der Waals surface area contributed by atoms with Crippen LogP contribution in [-0.4, -0.2) is 60.4 Å². The van der Waals surface area contributed by atoms with Crippen LogP contribution in [0.3, 0.4) is 0 Å². The Bertz CT molecular complexity index is 763. The third-order valence-corrected chi connectivity index (χ3v) is 4.74. The number of nitrogens with zero attached hydrogens (tertiary/aromatic N) is 2. The van der Waals surface area contributed by atoms with Gasteiger partial charge in [0.1, 0.15) is 17.8 Å². The molecule has 0 unspecified atom stereocenters. The first kappa shape index (κ1) is 17.7. The molecule has 138 valence electrons. The molecule has 0 radical (unpaired) electrons. The van der Waals surface area contributed by atoms with Gasteiger partial charge in [-0.25, -0.2) is 9.59 Å². The molecule has 2 fully saturated rings. The first-order valence-electron chi connectivity index (χ1n) is 8.29. The van der Waals surface area contributed by atoms with E-state index < -0.39 is 36.0 Å². The average molecular weight is 360 g/mol. The zero-order valence-corrected chi connectivity index (χ0v) is 14.6. The monoisotopic (exact) mass is 360 g/mol. The minimum absolute atomic E-state index is 0.221. The number of urea groups is 2. The summed E-state index contributed by atoms with van der Waals surface area (Å²) in [6.07, 6.45) is 0.318. The smallest absolute Gasteiger partial charge is 0.325 e. The van der Waals surface area contributed by atoms with Crippen LogP contribution in [0.1, 0.15) is 18.9 Å². The van der Waals surface area contributed by atoms with Crippen LogP contribution in [0.15, 0.2) is 24.3 Å². The van der Waals surface area contributed by atoms with Crippen molar-refractivity contribution in [2.24, 2.45) is 0 Å². The number of rotatable bonds is 5. The molecule has 26 heavy (non-hydrogen) atoms. The summed E-state index contributed by atoms with van der Waals surface area (Å²) in [4.78, 5) is 51.1. The zero-order chi connectivity index (χ0) is 18.9. The molecule has 1 aromatic rings. The van der Waals surface area contributed by atoms with Gasteiger partial charge in [-0.2, -0.15) is 0 Å². The van der Waals surface area contributed by atoms with Crippen LogP contribution in [0.5, 0.6) is 5.75 Å². The predicted octanol–water partition coefficient (Wildman–Crippen LogP) is 0.404. The Morgan fingerprint density at radius 3 is 2.42 bits per heavy atom. The summed E-state index contributed by atoms with van der Waals surface area (Å²) in [5.41, 5.74) is -0.635. The van der Waals surface area contributed by atoms with Gasteiger partial charge in [-0.3, -0.25) is 19.4 Å². The van der Waals surface area contributed by atoms with Crippen LogP contribution in [0.25, 0.3) is 0 Å². The molecule has 1 aromatic carbocycles. The van der Waals surface area contributed by atoms with Crippen LogP contribution in [0.4, 0.5) is 9.59 Å². The number of hydrogen-bond donors (Lipinski definition) is 2. The van der Waals surface area contributed by atoms with E-state index in [1.54, 1.807) is 31.2 Å². The third-order valence-electron chi connectivity index (χ3n) is 4.74. The van der Waals surface area contributed by atoms with E-state index in [2.05, 4.69) is 10.6 Å². The fraction of sp³-hybridized carbons (Fsp3) is 0.412. The van der Waals surface area contributed by atoms with Gasteiger partial charge in [0.25, 0.3) is 11.8 Å². The lowest BCUT2D eigenvalue weighted by molar-refractivity contribution is -0.137. The number of ether oxygens (including phenoxy) is 1. The summed E-state index contributed by atoms with van der Waals surface area (Å²) in [6.45, 7) is 1.88. The van der Waals surface area contributed by atoms with Crippen molar-refractivity contribution in [1.29, 1.82) is 0 Å². The highest BCUT2D eigenvalue weighted by Crippen LogP contribution is 2.33. The largest absolute Gasteiger partial charge is 0.497 e. The Morgan fingerprint density at radius 1 is 1.19 bits per heavy atom. The first-order valence-corrected chi connectivity index (χ1v) is 8.29. The Hall–Kier alpha value is -3.10. The molecular weight excluding hydrogens is 340 g/mol. The second-order valence-electron chi connectivity index (χ2n) is 6.09. The Labute approximate surface area is 150 Å². The van der Waals surface area contributed by atoms with E-state index in [1.807, 2.05) is 0 Å². The van der Waals surface area contributed by atoms with Crippen molar-refractivity contribution in [2.45, 2.75) is 18.9 Å². The summed E-state index contributed by atoms with van der Waals surface area (Å²) in [5.74, 6) is -0.475. The number of carbonyl (C=O) groups excluding carboxylic acids is 4. The van der Waals surface area contributed by atoms with Crippen molar-refractivity contribution in [3.63, 3.8) is 0 Å². The molecule has 2 heterocycles. The maximum absolute atomic E-state index is 13.0. The van der Waals surface area contributed by atoms with Gasteiger partial charge in [-0.15, -0.1) is 0 Å². The van der Waals surface area contributed by atoms with Crippen LogP contribution in [0, 0.1) is 0 Å². The minimum atomic E-state index is -1.24. The Balaban J connectivity index is 1.83. The molecule has 0 aromatic heterocycles. The maximum atomic E-state index is 13.0. The van der Waals surface area contributed by atoms with Gasteiger partial charge in [0.05, 0.1) is 7.11 Å². The fourth-order valence-corrected chi connectivity index (χ4v) is 3.21. The molecule has 6 amide bonds. The number of hydrogen-bond acceptors (Lipinski definition) is 5. The fourth-order valence-electron chi connectivity index (χ4n) is 3.21. The molecule has 0 spiro atoms. The number of methoxy groups -OCH3 is 1. The molecule has 2 aliphatic heterocycles. The summed E-state index contributed by atoms with van der Waals surface area (Å²) in [7, 11) is 1.54. The van der Waals surface area contributed by atoms with Crippen molar-refractivity contribution >= 4 is 23.9 Å². The van der Waals surface area contributed by atoms with Crippen LogP contribution in [0.2, 0.25) is 0 Å². The van der Waals surface area contributed by atoms with E-state index in [1.165, 1.54) is 7.11 Å². The quantitative estimate of drug-likeness (QED) is 0.739. The highest BCUT2D eigenvalue weighted by atomic mass is 16.5. The van der Waals surface area contributed by atoms with Crippen LogP contribution >= 0.6 is 0 Å². The standard InChI is InChI=1S/C17H20N4O5/c1-3-17(11-4-6-12(26-2)7-5-11)14(23)21(16(25)19-17)10-13(22)20-9-8-18-15(20)24/h4-7H,3,8-10H2,1-2H3,(H,18,24)(H,19,25)/t17-/m1/s1. The molecule has 3 rings (SSSR count). The van der Waals surface area contributed by atoms with E-state index in [9.17, 15) is 19.2 Å². The molecule has 2 N–H and O–H groups in total. The van der Waals surface area contributed by atoms with Gasteiger partial charge in [0.15, 0.2) is 0 Å². The number of carbonyl (C=O) groups is 4. The van der Waals surface area contributed by atoms with E-state index >= 15 is 0 Å². The topological polar surface area (TPSA) is 108 Å². The lowest BCUT2D eigenvalue weighted by atomic mass is 9.87. The second kappa shape index (κ2) is 6.66. The highest BCUT2D eigenvalue weighted by Gasteiger charge is 2.52. The SMILES string of the molecule is CC[C@]1(c2ccc(OC)cc2)NC(=O)N(CC(=O)N2CCNC2=O)C1=O. The van der Waals surface area contributed by atoms with E-state index in [-0.39, 0.29) is 6.54 Å². The van der Waals surface area contributed by atoms with Gasteiger partial charge < -0.3 is 15.4 Å². The summed E-state index contributed by atoms with van der Waals surface area (Å²) >= 11 is 0. The molecule has 9 nitrogen and oxygen atoms in total.